The number of likely N-dealkylation sites (N-methyl/N-ethyl adjacent to an activating group) is 1. The summed E-state index contributed by atoms with van der Waals surface area (Å²) in [5.74, 6) is 2.18. The van der Waals surface area contributed by atoms with Gasteiger partial charge in [0.15, 0.2) is 11.5 Å². The fourth-order valence-corrected chi connectivity index (χ4v) is 5.23. The van der Waals surface area contributed by atoms with Gasteiger partial charge in [-0.15, -0.1) is 0 Å². The maximum absolute atomic E-state index is 13.7. The Balaban J connectivity index is 1.30. The largest absolute Gasteiger partial charge is 0.492 e. The van der Waals surface area contributed by atoms with Gasteiger partial charge in [0.2, 0.25) is 12.7 Å². The van der Waals surface area contributed by atoms with E-state index in [4.69, 9.17) is 14.2 Å². The van der Waals surface area contributed by atoms with Gasteiger partial charge in [-0.25, -0.2) is 0 Å². The summed E-state index contributed by atoms with van der Waals surface area (Å²) in [6.07, 6.45) is 4.31. The lowest BCUT2D eigenvalue weighted by Crippen LogP contribution is -2.39. The fraction of sp³-hybridized carbons (Fsp3) is 0.258. The van der Waals surface area contributed by atoms with Crippen LogP contribution in [0.15, 0.2) is 72.8 Å². The molecule has 1 unspecified atom stereocenters. The number of para-hydroxylation sites is 1. The SMILES string of the molecule is CN(C)CCOc1cccc(/C=C/C(=O)N2CCc3c([nH]c4ccccc34)C2c2ccc3c(c2)OCO3)c1. The summed E-state index contributed by atoms with van der Waals surface area (Å²) in [6.45, 7) is 2.27. The Morgan fingerprint density at radius 1 is 1.08 bits per heavy atom. The van der Waals surface area contributed by atoms with Crippen molar-refractivity contribution in [1.29, 1.82) is 0 Å². The van der Waals surface area contributed by atoms with Crippen LogP contribution in [0.3, 0.4) is 0 Å². The van der Waals surface area contributed by atoms with Gasteiger partial charge < -0.3 is 29.0 Å². The van der Waals surface area contributed by atoms with E-state index in [0.29, 0.717) is 18.9 Å². The van der Waals surface area contributed by atoms with Crippen molar-refractivity contribution < 1.29 is 19.0 Å². The van der Waals surface area contributed by atoms with Crippen LogP contribution in [0.5, 0.6) is 17.2 Å². The number of H-pyrrole nitrogens is 1. The van der Waals surface area contributed by atoms with Gasteiger partial charge in [-0.05, 0) is 73.6 Å². The van der Waals surface area contributed by atoms with Crippen LogP contribution in [0.2, 0.25) is 0 Å². The second kappa shape index (κ2) is 10.3. The Hall–Kier alpha value is -4.23. The molecule has 0 aliphatic carbocycles. The quantitative estimate of drug-likeness (QED) is 0.354. The first-order valence-electron chi connectivity index (χ1n) is 12.9. The van der Waals surface area contributed by atoms with Crippen LogP contribution < -0.4 is 14.2 Å². The Bertz CT molecular complexity index is 1510. The van der Waals surface area contributed by atoms with E-state index in [1.165, 1.54) is 10.9 Å². The molecule has 0 spiro atoms. The first-order chi connectivity index (χ1) is 18.6. The monoisotopic (exact) mass is 509 g/mol. The molecule has 1 atom stereocenters. The van der Waals surface area contributed by atoms with E-state index >= 15 is 0 Å². The predicted octanol–water partition coefficient (Wildman–Crippen LogP) is 5.02. The number of carbonyl (C=O) groups excluding carboxylic acids is 1. The van der Waals surface area contributed by atoms with E-state index in [2.05, 4.69) is 28.1 Å². The zero-order valence-corrected chi connectivity index (χ0v) is 21.6. The Kier molecular flexibility index (Phi) is 6.52. The highest BCUT2D eigenvalue weighted by Gasteiger charge is 2.34. The summed E-state index contributed by atoms with van der Waals surface area (Å²) >= 11 is 0. The van der Waals surface area contributed by atoms with Crippen molar-refractivity contribution in [1.82, 2.24) is 14.8 Å². The van der Waals surface area contributed by atoms with Crippen molar-refractivity contribution in [3.05, 3.63) is 95.2 Å². The number of hydrogen-bond acceptors (Lipinski definition) is 5. The first kappa shape index (κ1) is 24.1. The number of rotatable bonds is 7. The fourth-order valence-electron chi connectivity index (χ4n) is 5.23. The van der Waals surface area contributed by atoms with Crippen LogP contribution in [0.4, 0.5) is 0 Å². The number of fused-ring (bicyclic) bond motifs is 4. The molecule has 0 radical (unpaired) electrons. The highest BCUT2D eigenvalue weighted by atomic mass is 16.7. The van der Waals surface area contributed by atoms with Gasteiger partial charge >= 0.3 is 0 Å². The van der Waals surface area contributed by atoms with E-state index < -0.39 is 0 Å². The lowest BCUT2D eigenvalue weighted by atomic mass is 9.92. The highest BCUT2D eigenvalue weighted by molar-refractivity contribution is 5.93. The second-order valence-electron chi connectivity index (χ2n) is 9.92. The molecule has 2 aliphatic heterocycles. The average molecular weight is 510 g/mol. The molecule has 1 aromatic heterocycles. The number of nitrogens with one attached hydrogen (secondary N) is 1. The summed E-state index contributed by atoms with van der Waals surface area (Å²) in [4.78, 5) is 21.3. The molecule has 0 bridgehead atoms. The Morgan fingerprint density at radius 2 is 1.95 bits per heavy atom. The molecular formula is C31H31N3O4. The summed E-state index contributed by atoms with van der Waals surface area (Å²) in [5, 5.41) is 1.21. The first-order valence-corrected chi connectivity index (χ1v) is 12.9. The maximum Gasteiger partial charge on any atom is 0.247 e. The minimum atomic E-state index is -0.265. The molecule has 4 aromatic rings. The minimum Gasteiger partial charge on any atom is -0.492 e. The number of aromatic amines is 1. The topological polar surface area (TPSA) is 67.0 Å². The van der Waals surface area contributed by atoms with Gasteiger partial charge in [0.1, 0.15) is 12.4 Å². The Labute approximate surface area is 222 Å². The van der Waals surface area contributed by atoms with Crippen LogP contribution in [-0.4, -0.2) is 61.3 Å². The van der Waals surface area contributed by atoms with Gasteiger partial charge in [-0.3, -0.25) is 4.79 Å². The van der Waals surface area contributed by atoms with Gasteiger partial charge in [-0.1, -0.05) is 36.4 Å². The molecule has 2 aliphatic rings. The lowest BCUT2D eigenvalue weighted by Gasteiger charge is -2.35. The van der Waals surface area contributed by atoms with E-state index in [1.807, 2.05) is 73.6 Å². The van der Waals surface area contributed by atoms with E-state index in [9.17, 15) is 4.79 Å². The van der Waals surface area contributed by atoms with Crippen molar-refractivity contribution in [3.63, 3.8) is 0 Å². The van der Waals surface area contributed by atoms with Crippen LogP contribution >= 0.6 is 0 Å². The smallest absolute Gasteiger partial charge is 0.247 e. The van der Waals surface area contributed by atoms with Crippen molar-refractivity contribution in [2.24, 2.45) is 0 Å². The molecule has 7 nitrogen and oxygen atoms in total. The molecule has 7 heteroatoms. The Morgan fingerprint density at radius 3 is 2.84 bits per heavy atom. The summed E-state index contributed by atoms with van der Waals surface area (Å²) in [5.41, 5.74) is 5.30. The van der Waals surface area contributed by atoms with Crippen LogP contribution in [0.1, 0.15) is 28.4 Å². The number of ether oxygens (including phenoxy) is 3. The van der Waals surface area contributed by atoms with Gasteiger partial charge in [0.25, 0.3) is 0 Å². The van der Waals surface area contributed by atoms with Crippen LogP contribution in [0.25, 0.3) is 17.0 Å². The molecule has 0 fully saturated rings. The third-order valence-electron chi connectivity index (χ3n) is 7.11. The highest BCUT2D eigenvalue weighted by Crippen LogP contribution is 2.42. The van der Waals surface area contributed by atoms with Crippen LogP contribution in [0, 0.1) is 0 Å². The number of amides is 1. The molecule has 0 saturated heterocycles. The van der Waals surface area contributed by atoms with Crippen molar-refractivity contribution in [2.75, 3.05) is 40.6 Å². The molecule has 3 aromatic carbocycles. The molecule has 38 heavy (non-hydrogen) atoms. The second-order valence-corrected chi connectivity index (χ2v) is 9.92. The summed E-state index contributed by atoms with van der Waals surface area (Å²) in [6, 6.07) is 21.8. The maximum atomic E-state index is 13.7. The van der Waals surface area contributed by atoms with Crippen LogP contribution in [-0.2, 0) is 11.2 Å². The number of carbonyl (C=O) groups is 1. The van der Waals surface area contributed by atoms with Gasteiger partial charge in [-0.2, -0.15) is 0 Å². The summed E-state index contributed by atoms with van der Waals surface area (Å²) < 4.78 is 17.1. The van der Waals surface area contributed by atoms with E-state index in [1.54, 1.807) is 6.08 Å². The number of nitrogens with zero attached hydrogens (tertiary/aromatic N) is 2. The van der Waals surface area contributed by atoms with Crippen molar-refractivity contribution >= 4 is 22.9 Å². The standard InChI is InChI=1S/C31H31N3O4/c1-33(2)16-17-36-23-7-5-6-21(18-23)10-13-29(35)34-15-14-25-24-8-3-4-9-26(24)32-30(25)31(34)22-11-12-27-28(19-22)38-20-37-27/h3-13,18-19,31-32H,14-17,20H2,1-2H3/b13-10+. The van der Waals surface area contributed by atoms with E-state index in [0.717, 1.165) is 46.8 Å². The summed E-state index contributed by atoms with van der Waals surface area (Å²) in [7, 11) is 4.04. The lowest BCUT2D eigenvalue weighted by molar-refractivity contribution is -0.128. The third-order valence-corrected chi connectivity index (χ3v) is 7.11. The molecule has 0 saturated carbocycles. The third kappa shape index (κ3) is 4.73. The van der Waals surface area contributed by atoms with E-state index in [-0.39, 0.29) is 18.7 Å². The number of benzene rings is 3. The zero-order valence-electron chi connectivity index (χ0n) is 21.6. The molecule has 6 rings (SSSR count). The molecule has 194 valence electrons. The molecule has 3 heterocycles. The van der Waals surface area contributed by atoms with Gasteiger partial charge in [0.05, 0.1) is 6.04 Å². The molecule has 1 N–H and O–H groups in total. The van der Waals surface area contributed by atoms with Gasteiger partial charge in [0, 0.05) is 35.8 Å². The van der Waals surface area contributed by atoms with Crippen molar-refractivity contribution in [3.8, 4) is 17.2 Å². The predicted molar refractivity (Wildman–Crippen MR) is 148 cm³/mol. The van der Waals surface area contributed by atoms with Crippen molar-refractivity contribution in [2.45, 2.75) is 12.5 Å². The number of hydrogen-bond donors (Lipinski definition) is 1. The number of aromatic nitrogens is 1. The molecular weight excluding hydrogens is 478 g/mol. The average Bonchev–Trinajstić information content (AvgIpc) is 3.55. The normalized spacial score (nSPS) is 16.4. The zero-order chi connectivity index (χ0) is 26.1. The minimum absolute atomic E-state index is 0.0455. The molecule has 1 amide bonds.